The van der Waals surface area contributed by atoms with E-state index in [2.05, 4.69) is 0 Å². The van der Waals surface area contributed by atoms with Crippen molar-refractivity contribution in [2.75, 3.05) is 13.2 Å². The average molecular weight is 416 g/mol. The summed E-state index contributed by atoms with van der Waals surface area (Å²) in [6.45, 7) is 4.01. The van der Waals surface area contributed by atoms with E-state index in [4.69, 9.17) is 18.6 Å². The smallest absolute Gasteiger partial charge is 0.363 e. The fourth-order valence-electron chi connectivity index (χ4n) is 3.13. The summed E-state index contributed by atoms with van der Waals surface area (Å²) >= 11 is 0. The summed E-state index contributed by atoms with van der Waals surface area (Å²) in [6, 6.07) is 11.3. The SMILES string of the molecule is CCOC(=O)C(OC(C)=O)(C(=O)OCC)C(CC(=O)c1ccco1)c1ccccc1. The number of rotatable bonds is 10. The highest BCUT2D eigenvalue weighted by Gasteiger charge is 2.59. The number of carbonyl (C=O) groups excluding carboxylic acids is 4. The first kappa shape index (κ1) is 22.9. The second-order valence-corrected chi connectivity index (χ2v) is 6.34. The minimum absolute atomic E-state index is 0.0420. The fraction of sp³-hybridized carbons (Fsp3) is 0.364. The Morgan fingerprint density at radius 2 is 1.53 bits per heavy atom. The Hall–Kier alpha value is -3.42. The van der Waals surface area contributed by atoms with Gasteiger partial charge in [0.15, 0.2) is 11.5 Å². The molecule has 160 valence electrons. The van der Waals surface area contributed by atoms with Gasteiger partial charge in [-0.1, -0.05) is 30.3 Å². The van der Waals surface area contributed by atoms with Crippen molar-refractivity contribution in [3.8, 4) is 0 Å². The molecule has 0 aliphatic carbocycles. The molecule has 0 saturated heterocycles. The summed E-state index contributed by atoms with van der Waals surface area (Å²) in [5, 5.41) is 0. The number of Topliss-reactive ketones (excluding diaryl/α,β-unsaturated/α-hetero) is 1. The van der Waals surface area contributed by atoms with Crippen LogP contribution in [0.2, 0.25) is 0 Å². The van der Waals surface area contributed by atoms with E-state index in [0.717, 1.165) is 6.92 Å². The summed E-state index contributed by atoms with van der Waals surface area (Å²) in [4.78, 5) is 51.0. The van der Waals surface area contributed by atoms with Crippen molar-refractivity contribution < 1.29 is 37.8 Å². The maximum atomic E-state index is 13.1. The lowest BCUT2D eigenvalue weighted by atomic mass is 9.78. The van der Waals surface area contributed by atoms with Gasteiger partial charge in [-0.3, -0.25) is 9.59 Å². The number of benzene rings is 1. The van der Waals surface area contributed by atoms with Crippen molar-refractivity contribution in [1.29, 1.82) is 0 Å². The molecule has 0 aliphatic rings. The summed E-state index contributed by atoms with van der Waals surface area (Å²) in [5.41, 5.74) is -2.08. The summed E-state index contributed by atoms with van der Waals surface area (Å²) in [7, 11) is 0. The van der Waals surface area contributed by atoms with Crippen molar-refractivity contribution in [2.24, 2.45) is 0 Å². The monoisotopic (exact) mass is 416 g/mol. The van der Waals surface area contributed by atoms with E-state index in [1.807, 2.05) is 0 Å². The third kappa shape index (κ3) is 4.94. The van der Waals surface area contributed by atoms with Gasteiger partial charge in [-0.25, -0.2) is 9.59 Å². The molecule has 0 radical (unpaired) electrons. The molecule has 8 heteroatoms. The number of esters is 3. The molecule has 2 rings (SSSR count). The normalized spacial score (nSPS) is 12.0. The Morgan fingerprint density at radius 1 is 0.933 bits per heavy atom. The van der Waals surface area contributed by atoms with E-state index in [-0.39, 0.29) is 25.4 Å². The first-order valence-electron chi connectivity index (χ1n) is 9.52. The molecule has 0 N–H and O–H groups in total. The van der Waals surface area contributed by atoms with Gasteiger partial charge in [0.05, 0.1) is 25.4 Å². The molecule has 0 spiro atoms. The topological polar surface area (TPSA) is 109 Å². The van der Waals surface area contributed by atoms with Gasteiger partial charge in [-0.2, -0.15) is 0 Å². The van der Waals surface area contributed by atoms with Crippen molar-refractivity contribution in [1.82, 2.24) is 0 Å². The highest BCUT2D eigenvalue weighted by Crippen LogP contribution is 2.38. The minimum atomic E-state index is -2.50. The zero-order valence-electron chi connectivity index (χ0n) is 17.1. The van der Waals surface area contributed by atoms with Crippen molar-refractivity contribution in [3.05, 3.63) is 60.1 Å². The molecule has 0 fully saturated rings. The van der Waals surface area contributed by atoms with Gasteiger partial charge in [0, 0.05) is 13.3 Å². The quantitative estimate of drug-likeness (QED) is 0.252. The predicted molar refractivity (Wildman–Crippen MR) is 105 cm³/mol. The first-order chi connectivity index (χ1) is 14.4. The van der Waals surface area contributed by atoms with E-state index in [9.17, 15) is 19.2 Å². The number of hydrogen-bond donors (Lipinski definition) is 0. The third-order valence-electron chi connectivity index (χ3n) is 4.34. The van der Waals surface area contributed by atoms with E-state index >= 15 is 0 Å². The number of furan rings is 1. The van der Waals surface area contributed by atoms with Gasteiger partial charge < -0.3 is 18.6 Å². The van der Waals surface area contributed by atoms with Crippen LogP contribution in [-0.2, 0) is 28.6 Å². The lowest BCUT2D eigenvalue weighted by Gasteiger charge is -2.35. The Kier molecular flexibility index (Phi) is 7.91. The van der Waals surface area contributed by atoms with Gasteiger partial charge in [0.1, 0.15) is 0 Å². The highest BCUT2D eigenvalue weighted by atomic mass is 16.6. The molecule has 0 amide bonds. The molecule has 1 heterocycles. The molecular weight excluding hydrogens is 392 g/mol. The molecule has 0 aliphatic heterocycles. The second-order valence-electron chi connectivity index (χ2n) is 6.34. The Balaban J connectivity index is 2.68. The predicted octanol–water partition coefficient (Wildman–Crippen LogP) is 3.06. The standard InChI is InChI=1S/C22H24O8/c1-4-27-20(25)22(30-15(3)23,21(26)28-5-2)17(16-10-7-6-8-11-16)14-18(24)19-12-9-13-29-19/h6-13,17H,4-5,14H2,1-3H3. The van der Waals surface area contributed by atoms with Crippen LogP contribution in [0.25, 0.3) is 0 Å². The molecule has 0 saturated carbocycles. The summed E-state index contributed by atoms with van der Waals surface area (Å²) < 4.78 is 20.7. The Labute approximate surface area is 174 Å². The van der Waals surface area contributed by atoms with Crippen LogP contribution < -0.4 is 0 Å². The van der Waals surface area contributed by atoms with Crippen LogP contribution >= 0.6 is 0 Å². The van der Waals surface area contributed by atoms with E-state index in [0.29, 0.717) is 5.56 Å². The van der Waals surface area contributed by atoms with Crippen LogP contribution in [-0.4, -0.2) is 42.5 Å². The van der Waals surface area contributed by atoms with Gasteiger partial charge in [-0.15, -0.1) is 0 Å². The minimum Gasteiger partial charge on any atom is -0.463 e. The lowest BCUT2D eigenvalue weighted by Crippen LogP contribution is -2.56. The lowest BCUT2D eigenvalue weighted by molar-refractivity contribution is -0.198. The van der Waals surface area contributed by atoms with Gasteiger partial charge in [0.2, 0.25) is 0 Å². The van der Waals surface area contributed by atoms with Crippen LogP contribution in [0, 0.1) is 0 Å². The van der Waals surface area contributed by atoms with Crippen LogP contribution in [0.5, 0.6) is 0 Å². The summed E-state index contributed by atoms with van der Waals surface area (Å²) in [6.07, 6.45) is 0.962. The highest BCUT2D eigenvalue weighted by molar-refractivity contribution is 6.07. The Bertz CT molecular complexity index is 852. The largest absolute Gasteiger partial charge is 0.463 e. The molecule has 1 aromatic carbocycles. The van der Waals surface area contributed by atoms with Crippen LogP contribution in [0.1, 0.15) is 49.2 Å². The molecule has 2 aromatic rings. The van der Waals surface area contributed by atoms with Crippen molar-refractivity contribution >= 4 is 23.7 Å². The molecule has 30 heavy (non-hydrogen) atoms. The van der Waals surface area contributed by atoms with E-state index in [1.165, 1.54) is 12.3 Å². The fourth-order valence-corrected chi connectivity index (χ4v) is 3.13. The second kappa shape index (κ2) is 10.4. The molecule has 0 bridgehead atoms. The average Bonchev–Trinajstić information content (AvgIpc) is 3.26. The van der Waals surface area contributed by atoms with Crippen LogP contribution in [0.15, 0.2) is 53.1 Å². The zero-order chi connectivity index (χ0) is 22.1. The Morgan fingerprint density at radius 3 is 2.00 bits per heavy atom. The molecule has 8 nitrogen and oxygen atoms in total. The van der Waals surface area contributed by atoms with Gasteiger partial charge in [-0.05, 0) is 31.5 Å². The molecule has 1 aromatic heterocycles. The van der Waals surface area contributed by atoms with Crippen molar-refractivity contribution in [2.45, 2.75) is 38.7 Å². The maximum Gasteiger partial charge on any atom is 0.363 e. The number of carbonyl (C=O) groups is 4. The third-order valence-corrected chi connectivity index (χ3v) is 4.34. The van der Waals surface area contributed by atoms with Crippen LogP contribution in [0.4, 0.5) is 0 Å². The van der Waals surface area contributed by atoms with Gasteiger partial charge in [0.25, 0.3) is 0 Å². The zero-order valence-corrected chi connectivity index (χ0v) is 17.1. The first-order valence-corrected chi connectivity index (χ1v) is 9.52. The van der Waals surface area contributed by atoms with Crippen molar-refractivity contribution in [3.63, 3.8) is 0 Å². The van der Waals surface area contributed by atoms with E-state index in [1.54, 1.807) is 50.2 Å². The number of ether oxygens (including phenoxy) is 3. The van der Waals surface area contributed by atoms with Gasteiger partial charge >= 0.3 is 23.5 Å². The molecular formula is C22H24O8. The maximum absolute atomic E-state index is 13.1. The summed E-state index contributed by atoms with van der Waals surface area (Å²) in [5.74, 6) is -4.78. The van der Waals surface area contributed by atoms with Crippen LogP contribution in [0.3, 0.4) is 0 Å². The molecule has 1 unspecified atom stereocenters. The van der Waals surface area contributed by atoms with E-state index < -0.39 is 35.2 Å². The molecule has 1 atom stereocenters. The number of ketones is 1. The number of hydrogen-bond acceptors (Lipinski definition) is 8.